The highest BCUT2D eigenvalue weighted by Crippen LogP contribution is 2.33. The smallest absolute Gasteiger partial charge is 0.226 e. The Morgan fingerprint density at radius 2 is 2.09 bits per heavy atom. The number of benzene rings is 1. The third kappa shape index (κ3) is 3.33. The number of hydrogen-bond acceptors (Lipinski definition) is 3. The van der Waals surface area contributed by atoms with Gasteiger partial charge in [-0.25, -0.2) is 0 Å². The van der Waals surface area contributed by atoms with Crippen molar-refractivity contribution in [2.45, 2.75) is 31.7 Å². The average Bonchev–Trinajstić information content (AvgIpc) is 3.04. The van der Waals surface area contributed by atoms with Gasteiger partial charge in [-0.2, -0.15) is 0 Å². The number of hydrogen-bond donors (Lipinski definition) is 1. The summed E-state index contributed by atoms with van der Waals surface area (Å²) < 4.78 is 5.63. The van der Waals surface area contributed by atoms with Gasteiger partial charge < -0.3 is 15.4 Å². The number of carbonyl (C=O) groups is 1. The number of rotatable bonds is 4. The van der Waals surface area contributed by atoms with Crippen molar-refractivity contribution in [3.05, 3.63) is 35.9 Å². The summed E-state index contributed by atoms with van der Waals surface area (Å²) >= 11 is 0. The van der Waals surface area contributed by atoms with E-state index in [1.807, 2.05) is 18.2 Å². The van der Waals surface area contributed by atoms with Gasteiger partial charge in [-0.15, -0.1) is 0 Å². The van der Waals surface area contributed by atoms with Crippen molar-refractivity contribution in [1.29, 1.82) is 0 Å². The van der Waals surface area contributed by atoms with Crippen LogP contribution in [0, 0.1) is 11.8 Å². The third-order valence-electron chi connectivity index (χ3n) is 5.10. The van der Waals surface area contributed by atoms with Crippen LogP contribution in [0.4, 0.5) is 0 Å². The molecule has 1 amide bonds. The zero-order valence-electron chi connectivity index (χ0n) is 13.1. The lowest BCUT2D eigenvalue weighted by Gasteiger charge is -2.38. The fraction of sp³-hybridized carbons (Fsp3) is 0.611. The highest BCUT2D eigenvalue weighted by Gasteiger charge is 2.37. The normalized spacial score (nSPS) is 28.8. The summed E-state index contributed by atoms with van der Waals surface area (Å²) in [7, 11) is 0. The number of amides is 1. The van der Waals surface area contributed by atoms with Gasteiger partial charge in [0.2, 0.25) is 5.91 Å². The fourth-order valence-electron chi connectivity index (χ4n) is 3.86. The molecule has 0 aromatic heterocycles. The first-order valence-corrected chi connectivity index (χ1v) is 8.42. The quantitative estimate of drug-likeness (QED) is 0.923. The lowest BCUT2D eigenvalue weighted by Crippen LogP contribution is -2.52. The van der Waals surface area contributed by atoms with E-state index in [9.17, 15) is 4.79 Å². The van der Waals surface area contributed by atoms with Gasteiger partial charge in [0.25, 0.3) is 0 Å². The number of nitrogens with two attached hydrogens (primary N) is 1. The van der Waals surface area contributed by atoms with E-state index in [0.29, 0.717) is 38.1 Å². The molecular formula is C18H26N2O2. The maximum atomic E-state index is 13.0. The predicted molar refractivity (Wildman–Crippen MR) is 86.4 cm³/mol. The van der Waals surface area contributed by atoms with Crippen LogP contribution in [-0.2, 0) is 16.0 Å². The van der Waals surface area contributed by atoms with Crippen LogP contribution < -0.4 is 5.73 Å². The van der Waals surface area contributed by atoms with Crippen LogP contribution in [-0.4, -0.2) is 43.2 Å². The average molecular weight is 302 g/mol. The summed E-state index contributed by atoms with van der Waals surface area (Å²) in [6.45, 7) is 2.63. The molecule has 22 heavy (non-hydrogen) atoms. The standard InChI is InChI=1S/C18H26N2O2/c19-12-15-7-4-8-17(15)18(21)20-9-10-22-13-16(20)11-14-5-2-1-3-6-14/h1-3,5-6,15-17H,4,7-13,19H2/t15-,16?,17-/m1/s1. The van der Waals surface area contributed by atoms with Gasteiger partial charge in [0, 0.05) is 12.5 Å². The van der Waals surface area contributed by atoms with Crippen molar-refractivity contribution < 1.29 is 9.53 Å². The molecule has 2 N–H and O–H groups in total. The van der Waals surface area contributed by atoms with Gasteiger partial charge in [-0.1, -0.05) is 36.8 Å². The van der Waals surface area contributed by atoms with E-state index in [4.69, 9.17) is 10.5 Å². The second-order valence-electron chi connectivity index (χ2n) is 6.48. The van der Waals surface area contributed by atoms with E-state index in [1.165, 1.54) is 5.56 Å². The molecule has 1 aliphatic heterocycles. The highest BCUT2D eigenvalue weighted by molar-refractivity contribution is 5.80. The minimum atomic E-state index is 0.126. The van der Waals surface area contributed by atoms with Crippen molar-refractivity contribution in [3.8, 4) is 0 Å². The molecule has 2 fully saturated rings. The second-order valence-corrected chi connectivity index (χ2v) is 6.48. The Morgan fingerprint density at radius 1 is 1.27 bits per heavy atom. The zero-order chi connectivity index (χ0) is 15.4. The third-order valence-corrected chi connectivity index (χ3v) is 5.10. The molecule has 4 nitrogen and oxygen atoms in total. The molecule has 1 unspecified atom stereocenters. The number of nitrogens with zero attached hydrogens (tertiary/aromatic N) is 1. The van der Waals surface area contributed by atoms with E-state index in [2.05, 4.69) is 17.0 Å². The van der Waals surface area contributed by atoms with E-state index in [0.717, 1.165) is 25.7 Å². The number of ether oxygens (including phenoxy) is 1. The van der Waals surface area contributed by atoms with E-state index >= 15 is 0 Å². The number of morpholine rings is 1. The molecule has 4 heteroatoms. The first-order chi connectivity index (χ1) is 10.8. The second kappa shape index (κ2) is 7.25. The topological polar surface area (TPSA) is 55.6 Å². The molecule has 1 aromatic carbocycles. The Labute approximate surface area is 132 Å². The minimum Gasteiger partial charge on any atom is -0.377 e. The molecule has 1 aliphatic carbocycles. The lowest BCUT2D eigenvalue weighted by molar-refractivity contribution is -0.145. The van der Waals surface area contributed by atoms with E-state index in [1.54, 1.807) is 0 Å². The summed E-state index contributed by atoms with van der Waals surface area (Å²) in [5.74, 6) is 0.797. The molecule has 2 aliphatic rings. The van der Waals surface area contributed by atoms with Gasteiger partial charge in [0.1, 0.15) is 0 Å². The molecule has 1 aromatic rings. The summed E-state index contributed by atoms with van der Waals surface area (Å²) in [5, 5.41) is 0. The summed E-state index contributed by atoms with van der Waals surface area (Å²) in [6, 6.07) is 10.5. The summed E-state index contributed by atoms with van der Waals surface area (Å²) in [5.41, 5.74) is 7.12. The number of carbonyl (C=O) groups excluding carboxylic acids is 1. The molecule has 3 atom stereocenters. The maximum absolute atomic E-state index is 13.0. The Bertz CT molecular complexity index is 491. The van der Waals surface area contributed by atoms with Gasteiger partial charge in [0.15, 0.2) is 0 Å². The predicted octanol–water partition coefficient (Wildman–Crippen LogP) is 1.83. The Balaban J connectivity index is 1.70. The van der Waals surface area contributed by atoms with E-state index < -0.39 is 0 Å². The molecule has 0 radical (unpaired) electrons. The molecule has 1 saturated carbocycles. The Kier molecular flexibility index (Phi) is 5.11. The van der Waals surface area contributed by atoms with Crippen LogP contribution in [0.2, 0.25) is 0 Å². The fourth-order valence-corrected chi connectivity index (χ4v) is 3.86. The van der Waals surface area contributed by atoms with Crippen LogP contribution in [0.25, 0.3) is 0 Å². The minimum absolute atomic E-state index is 0.126. The zero-order valence-corrected chi connectivity index (χ0v) is 13.1. The summed E-state index contributed by atoms with van der Waals surface area (Å²) in [6.07, 6.45) is 4.09. The van der Waals surface area contributed by atoms with Crippen molar-refractivity contribution in [2.24, 2.45) is 17.6 Å². The van der Waals surface area contributed by atoms with Crippen molar-refractivity contribution in [1.82, 2.24) is 4.90 Å². The lowest BCUT2D eigenvalue weighted by atomic mass is 9.93. The van der Waals surface area contributed by atoms with Crippen molar-refractivity contribution in [2.75, 3.05) is 26.3 Å². The first kappa shape index (κ1) is 15.5. The molecule has 120 valence electrons. The van der Waals surface area contributed by atoms with Crippen LogP contribution >= 0.6 is 0 Å². The van der Waals surface area contributed by atoms with Crippen LogP contribution in [0.1, 0.15) is 24.8 Å². The van der Waals surface area contributed by atoms with Gasteiger partial charge in [0.05, 0.1) is 19.3 Å². The van der Waals surface area contributed by atoms with Gasteiger partial charge in [-0.05, 0) is 37.3 Å². The molecule has 1 saturated heterocycles. The van der Waals surface area contributed by atoms with Crippen LogP contribution in [0.3, 0.4) is 0 Å². The van der Waals surface area contributed by atoms with Crippen LogP contribution in [0.15, 0.2) is 30.3 Å². The Hall–Kier alpha value is -1.39. The molecule has 0 spiro atoms. The van der Waals surface area contributed by atoms with E-state index in [-0.39, 0.29) is 12.0 Å². The van der Waals surface area contributed by atoms with Crippen molar-refractivity contribution >= 4 is 5.91 Å². The molecule has 1 heterocycles. The molecule has 3 rings (SSSR count). The van der Waals surface area contributed by atoms with Crippen LogP contribution in [0.5, 0.6) is 0 Å². The monoisotopic (exact) mass is 302 g/mol. The first-order valence-electron chi connectivity index (χ1n) is 8.42. The molecular weight excluding hydrogens is 276 g/mol. The SMILES string of the molecule is NC[C@H]1CCC[C@H]1C(=O)N1CCOCC1Cc1ccccc1. The largest absolute Gasteiger partial charge is 0.377 e. The maximum Gasteiger partial charge on any atom is 0.226 e. The van der Waals surface area contributed by atoms with Gasteiger partial charge in [-0.3, -0.25) is 4.79 Å². The summed E-state index contributed by atoms with van der Waals surface area (Å²) in [4.78, 5) is 15.0. The molecule has 0 bridgehead atoms. The van der Waals surface area contributed by atoms with Crippen molar-refractivity contribution in [3.63, 3.8) is 0 Å². The Morgan fingerprint density at radius 3 is 2.86 bits per heavy atom. The van der Waals surface area contributed by atoms with Gasteiger partial charge >= 0.3 is 0 Å². The highest BCUT2D eigenvalue weighted by atomic mass is 16.5.